The number of alkyl halides is 1. The van der Waals surface area contributed by atoms with Crippen LogP contribution in [0.5, 0.6) is 0 Å². The maximum atomic E-state index is 12.1. The molecule has 1 fully saturated rings. The summed E-state index contributed by atoms with van der Waals surface area (Å²) in [5, 5.41) is 0. The highest BCUT2D eigenvalue weighted by atomic mass is 127. The molecule has 0 bridgehead atoms. The Morgan fingerprint density at radius 3 is 1.83 bits per heavy atom. The van der Waals surface area contributed by atoms with Gasteiger partial charge in [-0.2, -0.15) is 0 Å². The average Bonchev–Trinajstić information content (AvgIpc) is 3.06. The Morgan fingerprint density at radius 1 is 0.833 bits per heavy atom. The van der Waals surface area contributed by atoms with Crippen molar-refractivity contribution >= 4 is 40.3 Å². The second kappa shape index (κ2) is 14.8. The van der Waals surface area contributed by atoms with Gasteiger partial charge < -0.3 is 23.8 Å². The Bertz CT molecular complexity index is 562. The van der Waals surface area contributed by atoms with E-state index in [0.29, 0.717) is 56.6 Å². The second-order valence-corrected chi connectivity index (χ2v) is 8.68. The number of hydrogen-bond donors (Lipinski definition) is 0. The summed E-state index contributed by atoms with van der Waals surface area (Å²) < 4.78 is 22.3. The van der Waals surface area contributed by atoms with E-state index in [9.17, 15) is 14.4 Å². The Labute approximate surface area is 191 Å². The summed E-state index contributed by atoms with van der Waals surface area (Å²) in [4.78, 5) is 37.8. The van der Waals surface area contributed by atoms with Gasteiger partial charge in [0.25, 0.3) is 11.8 Å². The highest BCUT2D eigenvalue weighted by molar-refractivity contribution is 14.1. The zero-order chi connectivity index (χ0) is 21.6. The van der Waals surface area contributed by atoms with Gasteiger partial charge in [-0.1, -0.05) is 22.6 Å². The van der Waals surface area contributed by atoms with Crippen LogP contribution in [-0.2, 0) is 33.3 Å². The number of carbonyl (C=O) groups is 3. The van der Waals surface area contributed by atoms with E-state index in [-0.39, 0.29) is 30.9 Å². The van der Waals surface area contributed by atoms with Crippen molar-refractivity contribution in [2.24, 2.45) is 0 Å². The molecule has 0 N–H and O–H groups in total. The van der Waals surface area contributed by atoms with Crippen molar-refractivity contribution in [3.05, 3.63) is 12.2 Å². The first-order valence-corrected chi connectivity index (χ1v) is 11.6. The maximum absolute atomic E-state index is 12.1. The Morgan fingerprint density at radius 2 is 1.30 bits per heavy atom. The molecule has 0 spiro atoms. The molecule has 0 saturated carbocycles. The second-order valence-electron chi connectivity index (χ2n) is 6.92. The zero-order valence-corrected chi connectivity index (χ0v) is 19.4. The summed E-state index contributed by atoms with van der Waals surface area (Å²) in [7, 11) is 0. The number of amides is 3. The third-order valence-electron chi connectivity index (χ3n) is 4.71. The summed E-state index contributed by atoms with van der Waals surface area (Å²) in [6.45, 7) is 5.28. The van der Waals surface area contributed by atoms with Crippen molar-refractivity contribution in [2.45, 2.75) is 23.2 Å². The van der Waals surface area contributed by atoms with Crippen molar-refractivity contribution in [2.75, 3.05) is 72.5 Å². The molecule has 0 atom stereocenters. The SMILES string of the molecule is O=C(CCOCCOCCOCCOCCN1C(=O)C=CC1=O)N1CCC(I)CC1. The predicted molar refractivity (Wildman–Crippen MR) is 117 cm³/mol. The van der Waals surface area contributed by atoms with E-state index in [1.165, 1.54) is 12.2 Å². The average molecular weight is 538 g/mol. The molecule has 1 saturated heterocycles. The van der Waals surface area contributed by atoms with Gasteiger partial charge in [-0.15, -0.1) is 0 Å². The van der Waals surface area contributed by atoms with Gasteiger partial charge in [-0.25, -0.2) is 0 Å². The van der Waals surface area contributed by atoms with Crippen LogP contribution in [0.25, 0.3) is 0 Å². The summed E-state index contributed by atoms with van der Waals surface area (Å²) >= 11 is 2.45. The fourth-order valence-corrected chi connectivity index (χ4v) is 3.54. The van der Waals surface area contributed by atoms with E-state index in [4.69, 9.17) is 18.9 Å². The van der Waals surface area contributed by atoms with Crippen molar-refractivity contribution < 1.29 is 33.3 Å². The quantitative estimate of drug-likeness (QED) is 0.132. The third-order valence-corrected chi connectivity index (χ3v) is 5.96. The molecule has 0 aromatic heterocycles. The first-order valence-electron chi connectivity index (χ1n) is 10.3. The summed E-state index contributed by atoms with van der Waals surface area (Å²) in [6, 6.07) is 0. The van der Waals surface area contributed by atoms with Gasteiger partial charge in [0, 0.05) is 29.2 Å². The number of rotatable bonds is 15. The van der Waals surface area contributed by atoms with E-state index in [0.717, 1.165) is 30.8 Å². The van der Waals surface area contributed by atoms with Gasteiger partial charge >= 0.3 is 0 Å². The molecule has 0 aliphatic carbocycles. The molecule has 3 amide bonds. The topological polar surface area (TPSA) is 94.6 Å². The van der Waals surface area contributed by atoms with Crippen molar-refractivity contribution in [3.63, 3.8) is 0 Å². The monoisotopic (exact) mass is 538 g/mol. The Kier molecular flexibility index (Phi) is 12.5. The van der Waals surface area contributed by atoms with Crippen LogP contribution in [0.3, 0.4) is 0 Å². The van der Waals surface area contributed by atoms with Crippen LogP contribution in [0, 0.1) is 0 Å². The number of ether oxygens (including phenoxy) is 4. The van der Waals surface area contributed by atoms with Crippen molar-refractivity contribution in [1.29, 1.82) is 0 Å². The van der Waals surface area contributed by atoms with Crippen LogP contribution in [0.15, 0.2) is 12.2 Å². The van der Waals surface area contributed by atoms with E-state index in [1.54, 1.807) is 0 Å². The molecule has 0 aromatic rings. The van der Waals surface area contributed by atoms with E-state index in [2.05, 4.69) is 22.6 Å². The lowest BCUT2D eigenvalue weighted by molar-refractivity contribution is -0.137. The third kappa shape index (κ3) is 9.82. The molecule has 170 valence electrons. The number of hydrogen-bond acceptors (Lipinski definition) is 7. The number of piperidine rings is 1. The number of carbonyl (C=O) groups excluding carboxylic acids is 3. The largest absolute Gasteiger partial charge is 0.379 e. The summed E-state index contributed by atoms with van der Waals surface area (Å²) in [6.07, 6.45) is 5.09. The first kappa shape index (κ1) is 25.2. The molecule has 0 aromatic carbocycles. The molecule has 2 heterocycles. The normalized spacial score (nSPS) is 17.4. The minimum atomic E-state index is -0.302. The highest BCUT2D eigenvalue weighted by Gasteiger charge is 2.22. The van der Waals surface area contributed by atoms with E-state index < -0.39 is 0 Å². The minimum Gasteiger partial charge on any atom is -0.379 e. The Balaban J connectivity index is 1.29. The molecule has 0 radical (unpaired) electrons. The summed E-state index contributed by atoms with van der Waals surface area (Å²) in [5.41, 5.74) is 0. The Hall–Kier alpha value is -1.08. The lowest BCUT2D eigenvalue weighted by Gasteiger charge is -2.29. The van der Waals surface area contributed by atoms with Crippen molar-refractivity contribution in [1.82, 2.24) is 9.80 Å². The zero-order valence-electron chi connectivity index (χ0n) is 17.3. The van der Waals surface area contributed by atoms with E-state index >= 15 is 0 Å². The molecule has 10 heteroatoms. The first-order chi connectivity index (χ1) is 14.6. The van der Waals surface area contributed by atoms with Crippen LogP contribution in [0.4, 0.5) is 0 Å². The maximum Gasteiger partial charge on any atom is 0.253 e. The van der Waals surface area contributed by atoms with Crippen LogP contribution >= 0.6 is 22.6 Å². The molecule has 9 nitrogen and oxygen atoms in total. The molecule has 2 aliphatic heterocycles. The molecule has 30 heavy (non-hydrogen) atoms. The number of likely N-dealkylation sites (tertiary alicyclic amines) is 1. The number of imide groups is 1. The van der Waals surface area contributed by atoms with Gasteiger partial charge in [0.15, 0.2) is 0 Å². The van der Waals surface area contributed by atoms with Gasteiger partial charge in [0.2, 0.25) is 5.91 Å². The lowest BCUT2D eigenvalue weighted by atomic mass is 10.1. The molecular weight excluding hydrogens is 507 g/mol. The van der Waals surface area contributed by atoms with Gasteiger partial charge in [-0.3, -0.25) is 19.3 Å². The van der Waals surface area contributed by atoms with Crippen LogP contribution in [0.1, 0.15) is 19.3 Å². The molecule has 2 aliphatic rings. The fraction of sp³-hybridized carbons (Fsp3) is 0.750. The summed E-state index contributed by atoms with van der Waals surface area (Å²) in [5.74, 6) is -0.432. The minimum absolute atomic E-state index is 0.171. The number of nitrogens with zero attached hydrogens (tertiary/aromatic N) is 2. The van der Waals surface area contributed by atoms with Crippen molar-refractivity contribution in [3.8, 4) is 0 Å². The standard InChI is InChI=1S/C20H31IN2O7/c21-17-3-6-22(7-4-17)18(24)5-9-27-11-13-29-15-16-30-14-12-28-10-8-23-19(25)1-2-20(23)26/h1-2,17H,3-16H2. The smallest absolute Gasteiger partial charge is 0.253 e. The lowest BCUT2D eigenvalue weighted by Crippen LogP contribution is -2.39. The number of halogens is 1. The van der Waals surface area contributed by atoms with Crippen LogP contribution in [-0.4, -0.2) is 104 Å². The molecular formula is C20H31IN2O7. The molecule has 0 unspecified atom stereocenters. The van der Waals surface area contributed by atoms with Gasteiger partial charge in [0.1, 0.15) is 0 Å². The molecule has 2 rings (SSSR count). The van der Waals surface area contributed by atoms with E-state index in [1.807, 2.05) is 4.90 Å². The fourth-order valence-electron chi connectivity index (χ4n) is 2.98. The van der Waals surface area contributed by atoms with Crippen LogP contribution in [0.2, 0.25) is 0 Å². The van der Waals surface area contributed by atoms with Gasteiger partial charge in [0.05, 0.1) is 65.8 Å². The van der Waals surface area contributed by atoms with Crippen LogP contribution < -0.4 is 0 Å². The van der Waals surface area contributed by atoms with Gasteiger partial charge in [-0.05, 0) is 12.8 Å². The highest BCUT2D eigenvalue weighted by Crippen LogP contribution is 2.18. The predicted octanol–water partition coefficient (Wildman–Crippen LogP) is 0.794.